The van der Waals surface area contributed by atoms with Gasteiger partial charge in [-0.3, -0.25) is 14.6 Å². The van der Waals surface area contributed by atoms with Gasteiger partial charge in [-0.2, -0.15) is 0 Å². The largest absolute Gasteiger partial charge is 0.322 e. The minimum absolute atomic E-state index is 0.219. The van der Waals surface area contributed by atoms with Gasteiger partial charge in [-0.05, 0) is 66.8 Å². The molecule has 2 N–H and O–H groups in total. The first-order chi connectivity index (χ1) is 13.6. The summed E-state index contributed by atoms with van der Waals surface area (Å²) in [5, 5.41) is 5.88. The summed E-state index contributed by atoms with van der Waals surface area (Å²) < 4.78 is 0. The van der Waals surface area contributed by atoms with Crippen molar-refractivity contribution in [3.05, 3.63) is 88.7 Å². The van der Waals surface area contributed by atoms with E-state index in [2.05, 4.69) is 21.7 Å². The monoisotopic (exact) mass is 391 g/mol. The van der Waals surface area contributed by atoms with Crippen molar-refractivity contribution >= 4 is 34.8 Å². The highest BCUT2D eigenvalue weighted by atomic mass is 35.5. The summed E-state index contributed by atoms with van der Waals surface area (Å²) in [5.74, 6) is -0.0145. The Hall–Kier alpha value is -3.18. The van der Waals surface area contributed by atoms with E-state index in [0.717, 1.165) is 0 Å². The smallest absolute Gasteiger partial charge is 0.257 e. The number of nitrogens with one attached hydrogen (secondary N) is 2. The Morgan fingerprint density at radius 3 is 2.50 bits per heavy atom. The predicted octanol–water partition coefficient (Wildman–Crippen LogP) is 5.12. The lowest BCUT2D eigenvalue weighted by atomic mass is 10.1. The highest BCUT2D eigenvalue weighted by Gasteiger charge is 2.24. The number of carbonyl (C=O) groups is 2. The van der Waals surface area contributed by atoms with Crippen molar-refractivity contribution in [2.75, 3.05) is 10.6 Å². The number of nitrogens with zero attached hydrogens (tertiary/aromatic N) is 1. The third-order valence-electron chi connectivity index (χ3n) is 4.59. The molecule has 0 radical (unpaired) electrons. The van der Waals surface area contributed by atoms with Gasteiger partial charge in [0.15, 0.2) is 0 Å². The number of amides is 2. The van der Waals surface area contributed by atoms with E-state index in [1.54, 1.807) is 48.8 Å². The molecular formula is C22H18ClN3O2. The van der Waals surface area contributed by atoms with Crippen molar-refractivity contribution in [3.8, 4) is 0 Å². The zero-order valence-corrected chi connectivity index (χ0v) is 15.7. The Balaban J connectivity index is 1.51. The molecule has 5 nitrogen and oxygen atoms in total. The number of pyridine rings is 1. The second-order valence-electron chi connectivity index (χ2n) is 6.74. The van der Waals surface area contributed by atoms with Crippen LogP contribution in [0, 0.1) is 0 Å². The number of benzene rings is 2. The van der Waals surface area contributed by atoms with E-state index in [9.17, 15) is 9.59 Å². The van der Waals surface area contributed by atoms with Gasteiger partial charge in [0, 0.05) is 17.4 Å². The SMILES string of the molecule is O=C(Nc1ccc(Cl)c(C(=O)Nc2cccnc2)c1)c1cccc(C2CC2)c1. The van der Waals surface area contributed by atoms with Gasteiger partial charge >= 0.3 is 0 Å². The molecule has 0 unspecified atom stereocenters. The Kier molecular flexibility index (Phi) is 5.08. The van der Waals surface area contributed by atoms with E-state index < -0.39 is 0 Å². The molecule has 1 fully saturated rings. The summed E-state index contributed by atoms with van der Waals surface area (Å²) in [6.07, 6.45) is 5.52. The maximum absolute atomic E-state index is 12.6. The number of anilines is 2. The van der Waals surface area contributed by atoms with Crippen LogP contribution in [0.3, 0.4) is 0 Å². The van der Waals surface area contributed by atoms with E-state index >= 15 is 0 Å². The van der Waals surface area contributed by atoms with Gasteiger partial charge in [0.1, 0.15) is 0 Å². The lowest BCUT2D eigenvalue weighted by Crippen LogP contribution is -2.15. The zero-order chi connectivity index (χ0) is 19.5. The topological polar surface area (TPSA) is 71.1 Å². The predicted molar refractivity (Wildman–Crippen MR) is 110 cm³/mol. The Bertz CT molecular complexity index is 1030. The highest BCUT2D eigenvalue weighted by Crippen LogP contribution is 2.40. The standard InChI is InChI=1S/C22H18ClN3O2/c23-20-9-8-17(12-19(20)22(28)26-18-5-2-10-24-13-18)25-21(27)16-4-1-3-15(11-16)14-6-7-14/h1-5,8-14H,6-7H2,(H,25,27)(H,26,28). The fourth-order valence-corrected chi connectivity index (χ4v) is 3.17. The van der Waals surface area contributed by atoms with Crippen LogP contribution in [0.15, 0.2) is 67.0 Å². The maximum atomic E-state index is 12.6. The third-order valence-corrected chi connectivity index (χ3v) is 4.92. The number of rotatable bonds is 5. The van der Waals surface area contributed by atoms with Gasteiger partial charge in [-0.25, -0.2) is 0 Å². The first-order valence-corrected chi connectivity index (χ1v) is 9.40. The van der Waals surface area contributed by atoms with E-state index in [4.69, 9.17) is 11.6 Å². The Morgan fingerprint density at radius 1 is 0.929 bits per heavy atom. The van der Waals surface area contributed by atoms with Gasteiger partial charge in [-0.1, -0.05) is 23.7 Å². The van der Waals surface area contributed by atoms with Crippen LogP contribution in [-0.4, -0.2) is 16.8 Å². The number of aromatic nitrogens is 1. The molecule has 28 heavy (non-hydrogen) atoms. The van der Waals surface area contributed by atoms with Gasteiger partial charge in [-0.15, -0.1) is 0 Å². The van der Waals surface area contributed by atoms with Crippen molar-refractivity contribution in [1.29, 1.82) is 0 Å². The summed E-state index contributed by atoms with van der Waals surface area (Å²) in [6, 6.07) is 16.0. The van der Waals surface area contributed by atoms with Crippen LogP contribution in [0.2, 0.25) is 5.02 Å². The molecule has 2 aromatic carbocycles. The highest BCUT2D eigenvalue weighted by molar-refractivity contribution is 6.34. The van der Waals surface area contributed by atoms with Crippen LogP contribution in [0.25, 0.3) is 0 Å². The van der Waals surface area contributed by atoms with Gasteiger partial charge in [0.2, 0.25) is 0 Å². The molecule has 0 saturated heterocycles. The average Bonchev–Trinajstić information content (AvgIpc) is 3.55. The van der Waals surface area contributed by atoms with E-state index in [0.29, 0.717) is 27.9 Å². The summed E-state index contributed by atoms with van der Waals surface area (Å²) in [7, 11) is 0. The Labute approximate surface area is 167 Å². The quantitative estimate of drug-likeness (QED) is 0.634. The molecule has 0 bridgehead atoms. The second-order valence-corrected chi connectivity index (χ2v) is 7.15. The molecule has 0 aliphatic heterocycles. The van der Waals surface area contributed by atoms with Crippen LogP contribution in [-0.2, 0) is 0 Å². The normalized spacial score (nSPS) is 13.0. The van der Waals surface area contributed by atoms with Crippen LogP contribution >= 0.6 is 11.6 Å². The zero-order valence-electron chi connectivity index (χ0n) is 15.0. The number of hydrogen-bond donors (Lipinski definition) is 2. The first kappa shape index (κ1) is 18.2. The van der Waals surface area contributed by atoms with Crippen molar-refractivity contribution in [2.45, 2.75) is 18.8 Å². The van der Waals surface area contributed by atoms with Gasteiger partial charge in [0.05, 0.1) is 22.5 Å². The molecule has 1 saturated carbocycles. The molecule has 4 rings (SSSR count). The lowest BCUT2D eigenvalue weighted by Gasteiger charge is -2.10. The minimum atomic E-state index is -0.371. The molecule has 3 aromatic rings. The lowest BCUT2D eigenvalue weighted by molar-refractivity contribution is 0.101. The summed E-state index contributed by atoms with van der Waals surface area (Å²) >= 11 is 6.18. The van der Waals surface area contributed by atoms with Crippen LogP contribution in [0.4, 0.5) is 11.4 Å². The number of halogens is 1. The molecule has 6 heteroatoms. The fraction of sp³-hybridized carbons (Fsp3) is 0.136. The van der Waals surface area contributed by atoms with Gasteiger partial charge in [0.25, 0.3) is 11.8 Å². The van der Waals surface area contributed by atoms with E-state index in [-0.39, 0.29) is 17.4 Å². The molecule has 140 valence electrons. The third kappa shape index (κ3) is 4.21. The molecular weight excluding hydrogens is 374 g/mol. The van der Waals surface area contributed by atoms with Crippen molar-refractivity contribution in [3.63, 3.8) is 0 Å². The van der Waals surface area contributed by atoms with Crippen LogP contribution < -0.4 is 10.6 Å². The molecule has 0 spiro atoms. The summed E-state index contributed by atoms with van der Waals surface area (Å²) in [6.45, 7) is 0. The van der Waals surface area contributed by atoms with E-state index in [1.807, 2.05) is 12.1 Å². The number of carbonyl (C=O) groups excluding carboxylic acids is 2. The maximum Gasteiger partial charge on any atom is 0.257 e. The van der Waals surface area contributed by atoms with E-state index in [1.165, 1.54) is 18.4 Å². The van der Waals surface area contributed by atoms with Gasteiger partial charge < -0.3 is 10.6 Å². The van der Waals surface area contributed by atoms with Crippen LogP contribution in [0.5, 0.6) is 0 Å². The van der Waals surface area contributed by atoms with Crippen molar-refractivity contribution in [2.24, 2.45) is 0 Å². The average molecular weight is 392 g/mol. The van der Waals surface area contributed by atoms with Crippen LogP contribution in [0.1, 0.15) is 45.0 Å². The number of hydrogen-bond acceptors (Lipinski definition) is 3. The van der Waals surface area contributed by atoms with Crippen molar-refractivity contribution in [1.82, 2.24) is 4.98 Å². The Morgan fingerprint density at radius 2 is 1.75 bits per heavy atom. The molecule has 0 atom stereocenters. The first-order valence-electron chi connectivity index (χ1n) is 9.02. The molecule has 2 amide bonds. The summed E-state index contributed by atoms with van der Waals surface area (Å²) in [4.78, 5) is 29.1. The molecule has 1 heterocycles. The minimum Gasteiger partial charge on any atom is -0.322 e. The molecule has 1 aromatic heterocycles. The summed E-state index contributed by atoms with van der Waals surface area (Å²) in [5.41, 5.74) is 3.13. The van der Waals surface area contributed by atoms with Crippen molar-refractivity contribution < 1.29 is 9.59 Å². The molecule has 1 aliphatic carbocycles. The fourth-order valence-electron chi connectivity index (χ4n) is 2.97. The molecule has 1 aliphatic rings. The second kappa shape index (κ2) is 7.82.